The van der Waals surface area contributed by atoms with Crippen molar-refractivity contribution < 1.29 is 9.59 Å². The predicted molar refractivity (Wildman–Crippen MR) is 79.1 cm³/mol. The molecule has 0 spiro atoms. The van der Waals surface area contributed by atoms with Crippen LogP contribution in [-0.4, -0.2) is 58.9 Å². The number of carbonyl (C=O) groups excluding carboxylic acids is 2. The van der Waals surface area contributed by atoms with E-state index in [-0.39, 0.29) is 11.4 Å². The van der Waals surface area contributed by atoms with Crippen molar-refractivity contribution in [3.05, 3.63) is 18.1 Å². The molecule has 0 saturated carbocycles. The third kappa shape index (κ3) is 4.14. The molecule has 0 radical (unpaired) electrons. The average molecular weight is 291 g/mol. The molecule has 7 nitrogen and oxygen atoms in total. The summed E-state index contributed by atoms with van der Waals surface area (Å²) in [4.78, 5) is 34.9. The molecule has 0 unspecified atom stereocenters. The van der Waals surface area contributed by atoms with E-state index >= 15 is 0 Å². The Morgan fingerprint density at radius 1 is 1.24 bits per heavy atom. The Kier molecular flexibility index (Phi) is 4.40. The molecule has 21 heavy (non-hydrogen) atoms. The number of anilines is 1. The molecule has 2 rings (SSSR count). The molecule has 1 aromatic rings. The summed E-state index contributed by atoms with van der Waals surface area (Å²) < 4.78 is 0. The topological polar surface area (TPSA) is 78.4 Å². The van der Waals surface area contributed by atoms with Gasteiger partial charge in [-0.15, -0.1) is 0 Å². The molecule has 7 heteroatoms. The van der Waals surface area contributed by atoms with Gasteiger partial charge in [0.25, 0.3) is 5.91 Å². The molecule has 2 amide bonds. The Morgan fingerprint density at radius 2 is 1.90 bits per heavy atom. The largest absolute Gasteiger partial charge is 0.353 e. The maximum absolute atomic E-state index is 12.1. The molecule has 0 aromatic carbocycles. The van der Waals surface area contributed by atoms with Crippen LogP contribution < -0.4 is 10.2 Å². The van der Waals surface area contributed by atoms with E-state index in [9.17, 15) is 9.59 Å². The van der Waals surface area contributed by atoms with Gasteiger partial charge in [0.2, 0.25) is 6.41 Å². The lowest BCUT2D eigenvalue weighted by Gasteiger charge is -2.33. The van der Waals surface area contributed by atoms with Crippen LogP contribution in [0.15, 0.2) is 12.4 Å². The number of hydrogen-bond donors (Lipinski definition) is 1. The van der Waals surface area contributed by atoms with Crippen LogP contribution in [0.25, 0.3) is 0 Å². The van der Waals surface area contributed by atoms with E-state index in [4.69, 9.17) is 0 Å². The summed E-state index contributed by atoms with van der Waals surface area (Å²) in [7, 11) is 0. The van der Waals surface area contributed by atoms with Gasteiger partial charge in [0.15, 0.2) is 0 Å². The van der Waals surface area contributed by atoms with Gasteiger partial charge >= 0.3 is 0 Å². The highest BCUT2D eigenvalue weighted by molar-refractivity contribution is 5.93. The van der Waals surface area contributed by atoms with Crippen molar-refractivity contribution in [2.24, 2.45) is 0 Å². The second-order valence-corrected chi connectivity index (χ2v) is 6.09. The summed E-state index contributed by atoms with van der Waals surface area (Å²) in [6, 6.07) is 1.69. The zero-order valence-electron chi connectivity index (χ0n) is 12.7. The summed E-state index contributed by atoms with van der Waals surface area (Å²) in [5.41, 5.74) is 0.0466. The maximum atomic E-state index is 12.1. The zero-order chi connectivity index (χ0) is 15.5. The lowest BCUT2D eigenvalue weighted by Crippen LogP contribution is -2.46. The van der Waals surface area contributed by atoms with Crippen LogP contribution in [0.2, 0.25) is 0 Å². The normalized spacial score (nSPS) is 15.8. The average Bonchev–Trinajstić information content (AvgIpc) is 2.46. The molecular weight excluding hydrogens is 270 g/mol. The molecule has 1 aliphatic rings. The van der Waals surface area contributed by atoms with Gasteiger partial charge in [0.05, 0.1) is 0 Å². The molecule has 0 atom stereocenters. The molecule has 1 fully saturated rings. The highest BCUT2D eigenvalue weighted by atomic mass is 16.2. The van der Waals surface area contributed by atoms with Gasteiger partial charge in [-0.2, -0.15) is 0 Å². The quantitative estimate of drug-likeness (QED) is 0.810. The minimum atomic E-state index is -0.308. The molecule has 2 heterocycles. The minimum Gasteiger partial charge on any atom is -0.353 e. The molecule has 0 bridgehead atoms. The fourth-order valence-electron chi connectivity index (χ4n) is 2.11. The zero-order valence-corrected chi connectivity index (χ0v) is 12.7. The number of nitrogens with zero attached hydrogens (tertiary/aromatic N) is 4. The van der Waals surface area contributed by atoms with Gasteiger partial charge in [-0.05, 0) is 20.8 Å². The van der Waals surface area contributed by atoms with Crippen molar-refractivity contribution in [2.75, 3.05) is 31.1 Å². The van der Waals surface area contributed by atoms with Gasteiger partial charge in [-0.1, -0.05) is 0 Å². The Morgan fingerprint density at radius 3 is 2.48 bits per heavy atom. The van der Waals surface area contributed by atoms with Gasteiger partial charge in [-0.3, -0.25) is 9.59 Å². The van der Waals surface area contributed by atoms with Crippen LogP contribution in [0.3, 0.4) is 0 Å². The van der Waals surface area contributed by atoms with Crippen LogP contribution in [-0.2, 0) is 4.79 Å². The van der Waals surface area contributed by atoms with E-state index in [2.05, 4.69) is 20.2 Å². The Bertz CT molecular complexity index is 518. The number of rotatable bonds is 3. The van der Waals surface area contributed by atoms with Crippen LogP contribution in [0, 0.1) is 0 Å². The first-order chi connectivity index (χ1) is 9.89. The second kappa shape index (κ2) is 6.07. The summed E-state index contributed by atoms with van der Waals surface area (Å²) in [6.07, 6.45) is 2.26. The molecular formula is C14H21N5O2. The van der Waals surface area contributed by atoms with Crippen LogP contribution in [0.4, 0.5) is 5.82 Å². The molecule has 114 valence electrons. The third-order valence-electron chi connectivity index (χ3n) is 3.16. The summed E-state index contributed by atoms with van der Waals surface area (Å²) in [5, 5.41) is 2.88. The first kappa shape index (κ1) is 15.2. The van der Waals surface area contributed by atoms with Crippen molar-refractivity contribution in [2.45, 2.75) is 26.3 Å². The van der Waals surface area contributed by atoms with E-state index in [0.717, 1.165) is 12.2 Å². The maximum Gasteiger partial charge on any atom is 0.270 e. The second-order valence-electron chi connectivity index (χ2n) is 6.09. The molecule has 0 aliphatic carbocycles. The number of amides is 2. The number of carbonyl (C=O) groups is 2. The molecule has 1 aliphatic heterocycles. The summed E-state index contributed by atoms with van der Waals surface area (Å²) >= 11 is 0. The number of piperazine rings is 1. The molecule has 1 N–H and O–H groups in total. The standard InChI is InChI=1S/C14H21N5O2/c1-14(2,3)17-13(21)11-8-12(16-9-15-11)19-6-4-18(10-20)5-7-19/h8-10H,4-7H2,1-3H3,(H,17,21). The van der Waals surface area contributed by atoms with E-state index < -0.39 is 0 Å². The van der Waals surface area contributed by atoms with Crippen molar-refractivity contribution in [3.8, 4) is 0 Å². The van der Waals surface area contributed by atoms with E-state index in [1.807, 2.05) is 20.8 Å². The van der Waals surface area contributed by atoms with E-state index in [1.165, 1.54) is 6.33 Å². The van der Waals surface area contributed by atoms with E-state index in [1.54, 1.807) is 11.0 Å². The first-order valence-corrected chi connectivity index (χ1v) is 6.98. The Labute approximate surface area is 124 Å². The van der Waals surface area contributed by atoms with Crippen molar-refractivity contribution in [1.82, 2.24) is 20.2 Å². The first-order valence-electron chi connectivity index (χ1n) is 6.98. The van der Waals surface area contributed by atoms with Crippen molar-refractivity contribution in [3.63, 3.8) is 0 Å². The fourth-order valence-corrected chi connectivity index (χ4v) is 2.11. The molecule has 1 saturated heterocycles. The molecule has 1 aromatic heterocycles. The summed E-state index contributed by atoms with van der Waals surface area (Å²) in [5.74, 6) is 0.507. The Balaban J connectivity index is 2.08. The fraction of sp³-hybridized carbons (Fsp3) is 0.571. The smallest absolute Gasteiger partial charge is 0.270 e. The van der Waals surface area contributed by atoms with Gasteiger partial charge in [-0.25, -0.2) is 9.97 Å². The number of hydrogen-bond acceptors (Lipinski definition) is 5. The Hall–Kier alpha value is -2.18. The van der Waals surface area contributed by atoms with Gasteiger partial charge in [0.1, 0.15) is 17.8 Å². The van der Waals surface area contributed by atoms with Crippen LogP contribution >= 0.6 is 0 Å². The lowest BCUT2D eigenvalue weighted by atomic mass is 10.1. The number of aromatic nitrogens is 2. The predicted octanol–water partition coefficient (Wildman–Crippen LogP) is 0.283. The highest BCUT2D eigenvalue weighted by Crippen LogP contribution is 2.14. The minimum absolute atomic E-state index is 0.210. The third-order valence-corrected chi connectivity index (χ3v) is 3.16. The van der Waals surface area contributed by atoms with Gasteiger partial charge in [0, 0.05) is 37.8 Å². The van der Waals surface area contributed by atoms with E-state index in [0.29, 0.717) is 31.9 Å². The lowest BCUT2D eigenvalue weighted by molar-refractivity contribution is -0.118. The van der Waals surface area contributed by atoms with Crippen LogP contribution in [0.5, 0.6) is 0 Å². The van der Waals surface area contributed by atoms with Crippen molar-refractivity contribution in [1.29, 1.82) is 0 Å². The SMILES string of the molecule is CC(C)(C)NC(=O)c1cc(N2CCN(C=O)CC2)ncn1. The van der Waals surface area contributed by atoms with Crippen LogP contribution in [0.1, 0.15) is 31.3 Å². The highest BCUT2D eigenvalue weighted by Gasteiger charge is 2.20. The number of nitrogens with one attached hydrogen (secondary N) is 1. The summed E-state index contributed by atoms with van der Waals surface area (Å²) in [6.45, 7) is 8.50. The van der Waals surface area contributed by atoms with Gasteiger partial charge < -0.3 is 15.1 Å². The van der Waals surface area contributed by atoms with Crippen molar-refractivity contribution >= 4 is 18.1 Å². The monoisotopic (exact) mass is 291 g/mol.